The summed E-state index contributed by atoms with van der Waals surface area (Å²) in [6.07, 6.45) is -0.0343. The van der Waals surface area contributed by atoms with Gasteiger partial charge in [0.2, 0.25) is 9.84 Å². The lowest BCUT2D eigenvalue weighted by Gasteiger charge is -2.35. The molecule has 2 unspecified atom stereocenters. The first-order chi connectivity index (χ1) is 14.4. The fourth-order valence-electron chi connectivity index (χ4n) is 3.98. The molecule has 0 aromatic heterocycles. The summed E-state index contributed by atoms with van der Waals surface area (Å²) in [6, 6.07) is 7.29. The molecule has 2 heterocycles. The van der Waals surface area contributed by atoms with Crippen molar-refractivity contribution in [3.63, 3.8) is 0 Å². The summed E-state index contributed by atoms with van der Waals surface area (Å²) in [6.45, 7) is 6.27. The molecule has 2 aromatic carbocycles. The van der Waals surface area contributed by atoms with Gasteiger partial charge < -0.3 is 19.5 Å². The maximum Gasteiger partial charge on any atom is 0.410 e. The van der Waals surface area contributed by atoms with E-state index in [2.05, 4.69) is 0 Å². The van der Waals surface area contributed by atoms with Gasteiger partial charge in [-0.2, -0.15) is 0 Å². The molecule has 2 atom stereocenters. The standard InChI is InChI=1S/C22H24FNO6S/c1-22(2,3)30-21(26)24-7-6-18-17-5-4-15(11-19(17)29-20(18)12-24)31(27,28)16-9-13(23)8-14(25)10-16/h4-5,8-11,18,20,25H,6-7,12H2,1-3H3. The van der Waals surface area contributed by atoms with Crippen molar-refractivity contribution >= 4 is 15.9 Å². The molecular weight excluding hydrogens is 425 g/mol. The normalized spacial score (nSPS) is 20.6. The number of carbonyl (C=O) groups excluding carboxylic acids is 1. The molecular formula is C22H24FNO6S. The number of halogens is 1. The van der Waals surface area contributed by atoms with E-state index in [0.717, 1.165) is 23.8 Å². The lowest BCUT2D eigenvalue weighted by Crippen LogP contribution is -2.47. The first-order valence-electron chi connectivity index (χ1n) is 9.97. The summed E-state index contributed by atoms with van der Waals surface area (Å²) in [5, 5.41) is 9.57. The zero-order valence-corrected chi connectivity index (χ0v) is 18.3. The highest BCUT2D eigenvalue weighted by Crippen LogP contribution is 2.44. The molecule has 2 aliphatic rings. The maximum absolute atomic E-state index is 13.6. The third kappa shape index (κ3) is 4.19. The van der Waals surface area contributed by atoms with Crippen molar-refractivity contribution < 1.29 is 32.2 Å². The highest BCUT2D eigenvalue weighted by molar-refractivity contribution is 7.91. The number of hydrogen-bond acceptors (Lipinski definition) is 6. The lowest BCUT2D eigenvalue weighted by atomic mass is 9.89. The summed E-state index contributed by atoms with van der Waals surface area (Å²) in [5.74, 6) is -0.833. The van der Waals surface area contributed by atoms with Gasteiger partial charge in [-0.05, 0) is 51.5 Å². The second kappa shape index (κ2) is 7.40. The van der Waals surface area contributed by atoms with Crippen molar-refractivity contribution in [2.45, 2.75) is 54.6 Å². The molecule has 1 saturated heterocycles. The van der Waals surface area contributed by atoms with E-state index < -0.39 is 33.1 Å². The number of likely N-dealkylation sites (tertiary alicyclic amines) is 1. The molecule has 0 bridgehead atoms. The first kappa shape index (κ1) is 21.4. The first-order valence-corrected chi connectivity index (χ1v) is 11.5. The number of piperidine rings is 1. The van der Waals surface area contributed by atoms with Crippen LogP contribution in [0.3, 0.4) is 0 Å². The molecule has 2 aliphatic heterocycles. The van der Waals surface area contributed by atoms with Crippen LogP contribution in [0.15, 0.2) is 46.2 Å². The van der Waals surface area contributed by atoms with Crippen LogP contribution in [0, 0.1) is 5.82 Å². The molecule has 1 N–H and O–H groups in total. The molecule has 2 aromatic rings. The van der Waals surface area contributed by atoms with Crippen LogP contribution in [0.2, 0.25) is 0 Å². The van der Waals surface area contributed by atoms with Gasteiger partial charge in [0, 0.05) is 24.1 Å². The Kier molecular flexibility index (Phi) is 5.12. The highest BCUT2D eigenvalue weighted by Gasteiger charge is 2.41. The Hall–Kier alpha value is -2.81. The van der Waals surface area contributed by atoms with Gasteiger partial charge in [0.15, 0.2) is 0 Å². The molecule has 0 saturated carbocycles. The maximum atomic E-state index is 13.6. The Labute approximate surface area is 180 Å². The second-order valence-corrected chi connectivity index (χ2v) is 10.8. The van der Waals surface area contributed by atoms with Crippen LogP contribution >= 0.6 is 0 Å². The largest absolute Gasteiger partial charge is 0.508 e. The number of ether oxygens (including phenoxy) is 2. The van der Waals surface area contributed by atoms with E-state index in [1.54, 1.807) is 31.7 Å². The zero-order valence-electron chi connectivity index (χ0n) is 17.5. The Morgan fingerprint density at radius 2 is 1.94 bits per heavy atom. The molecule has 1 fully saturated rings. The fourth-order valence-corrected chi connectivity index (χ4v) is 5.30. The Morgan fingerprint density at radius 3 is 2.61 bits per heavy atom. The van der Waals surface area contributed by atoms with E-state index in [9.17, 15) is 22.7 Å². The van der Waals surface area contributed by atoms with Crippen LogP contribution in [-0.4, -0.2) is 49.3 Å². The van der Waals surface area contributed by atoms with Crippen molar-refractivity contribution in [3.8, 4) is 11.5 Å². The van der Waals surface area contributed by atoms with Crippen LogP contribution in [0.4, 0.5) is 9.18 Å². The molecule has 9 heteroatoms. The SMILES string of the molecule is CC(C)(C)OC(=O)N1CCC2c3ccc(S(=O)(=O)c4cc(O)cc(F)c4)cc3OC2C1. The number of phenols is 1. The number of sulfone groups is 1. The van der Waals surface area contributed by atoms with Crippen LogP contribution < -0.4 is 4.74 Å². The number of rotatable bonds is 2. The summed E-state index contributed by atoms with van der Waals surface area (Å²) in [5.41, 5.74) is 0.289. The second-order valence-electron chi connectivity index (χ2n) is 8.83. The van der Waals surface area contributed by atoms with E-state index >= 15 is 0 Å². The fraction of sp³-hybridized carbons (Fsp3) is 0.409. The van der Waals surface area contributed by atoms with E-state index in [1.165, 1.54) is 12.1 Å². The number of hydrogen-bond donors (Lipinski definition) is 1. The van der Waals surface area contributed by atoms with Gasteiger partial charge in [-0.3, -0.25) is 0 Å². The molecule has 0 spiro atoms. The predicted molar refractivity (Wildman–Crippen MR) is 110 cm³/mol. The molecule has 7 nitrogen and oxygen atoms in total. The molecule has 4 rings (SSSR count). The van der Waals surface area contributed by atoms with Crippen LogP contribution in [0.5, 0.6) is 11.5 Å². The highest BCUT2D eigenvalue weighted by atomic mass is 32.2. The Morgan fingerprint density at radius 1 is 1.19 bits per heavy atom. The third-order valence-electron chi connectivity index (χ3n) is 5.35. The van der Waals surface area contributed by atoms with Gasteiger partial charge in [-0.1, -0.05) is 6.07 Å². The van der Waals surface area contributed by atoms with Crippen molar-refractivity contribution in [3.05, 3.63) is 47.8 Å². The molecule has 31 heavy (non-hydrogen) atoms. The molecule has 0 aliphatic carbocycles. The summed E-state index contributed by atoms with van der Waals surface area (Å²) < 4.78 is 50.9. The zero-order chi connectivity index (χ0) is 22.6. The summed E-state index contributed by atoms with van der Waals surface area (Å²) in [4.78, 5) is 13.6. The third-order valence-corrected chi connectivity index (χ3v) is 7.08. The van der Waals surface area contributed by atoms with Crippen molar-refractivity contribution in [2.24, 2.45) is 0 Å². The number of phenolic OH excluding ortho intramolecular Hbond substituents is 1. The van der Waals surface area contributed by atoms with Crippen LogP contribution in [-0.2, 0) is 14.6 Å². The number of carbonyl (C=O) groups is 1. The average molecular weight is 450 g/mol. The smallest absolute Gasteiger partial charge is 0.410 e. The van der Waals surface area contributed by atoms with E-state index in [4.69, 9.17) is 9.47 Å². The number of aromatic hydroxyl groups is 1. The number of nitrogens with zero attached hydrogens (tertiary/aromatic N) is 1. The van der Waals surface area contributed by atoms with Gasteiger partial charge in [0.25, 0.3) is 0 Å². The van der Waals surface area contributed by atoms with Gasteiger partial charge in [-0.25, -0.2) is 17.6 Å². The Balaban J connectivity index is 1.56. The topological polar surface area (TPSA) is 93.1 Å². The van der Waals surface area contributed by atoms with E-state index in [0.29, 0.717) is 25.3 Å². The number of benzene rings is 2. The molecule has 1 amide bonds. The van der Waals surface area contributed by atoms with Gasteiger partial charge in [0.1, 0.15) is 29.0 Å². The quantitative estimate of drug-likeness (QED) is 0.749. The monoisotopic (exact) mass is 449 g/mol. The summed E-state index contributed by atoms with van der Waals surface area (Å²) >= 11 is 0. The van der Waals surface area contributed by atoms with Gasteiger partial charge in [0.05, 0.1) is 16.3 Å². The molecule has 0 radical (unpaired) electrons. The minimum absolute atomic E-state index is 0.0451. The minimum atomic E-state index is -4.05. The van der Waals surface area contributed by atoms with Crippen LogP contribution in [0.25, 0.3) is 0 Å². The minimum Gasteiger partial charge on any atom is -0.508 e. The van der Waals surface area contributed by atoms with Crippen molar-refractivity contribution in [1.82, 2.24) is 4.90 Å². The number of fused-ring (bicyclic) bond motifs is 3. The van der Waals surface area contributed by atoms with Crippen molar-refractivity contribution in [1.29, 1.82) is 0 Å². The van der Waals surface area contributed by atoms with E-state index in [1.807, 2.05) is 0 Å². The summed E-state index contributed by atoms with van der Waals surface area (Å²) in [7, 11) is -4.05. The van der Waals surface area contributed by atoms with Gasteiger partial charge in [-0.15, -0.1) is 0 Å². The van der Waals surface area contributed by atoms with Crippen LogP contribution in [0.1, 0.15) is 38.7 Å². The van der Waals surface area contributed by atoms with Gasteiger partial charge >= 0.3 is 6.09 Å². The van der Waals surface area contributed by atoms with E-state index in [-0.39, 0.29) is 21.8 Å². The lowest BCUT2D eigenvalue weighted by molar-refractivity contribution is 0.00788. The molecule has 166 valence electrons. The average Bonchev–Trinajstić information content (AvgIpc) is 3.02. The number of amides is 1. The Bertz CT molecular complexity index is 1120. The van der Waals surface area contributed by atoms with Crippen molar-refractivity contribution in [2.75, 3.05) is 13.1 Å². The predicted octanol–water partition coefficient (Wildman–Crippen LogP) is 3.85.